The van der Waals surface area contributed by atoms with Crippen LogP contribution in [0.4, 0.5) is 5.82 Å². The SMILES string of the molecule is Cc1nccc(N2CCC(CNC3CC3)CC2)n1. The summed E-state index contributed by atoms with van der Waals surface area (Å²) in [5, 5.41) is 3.65. The van der Waals surface area contributed by atoms with Crippen molar-refractivity contribution >= 4 is 5.82 Å². The fraction of sp³-hybridized carbons (Fsp3) is 0.714. The summed E-state index contributed by atoms with van der Waals surface area (Å²) < 4.78 is 0. The Bertz CT molecular complexity index is 395. The highest BCUT2D eigenvalue weighted by molar-refractivity contribution is 5.37. The highest BCUT2D eigenvalue weighted by Crippen LogP contribution is 2.23. The first-order valence-corrected chi connectivity index (χ1v) is 7.09. The first-order valence-electron chi connectivity index (χ1n) is 7.09. The summed E-state index contributed by atoms with van der Waals surface area (Å²) in [5.74, 6) is 2.81. The van der Waals surface area contributed by atoms with E-state index in [0.717, 1.165) is 36.7 Å². The van der Waals surface area contributed by atoms with Crippen molar-refractivity contribution in [2.24, 2.45) is 5.92 Å². The molecule has 0 spiro atoms. The Morgan fingerprint density at radius 2 is 2.06 bits per heavy atom. The molecular weight excluding hydrogens is 224 g/mol. The van der Waals surface area contributed by atoms with Crippen LogP contribution in [0.2, 0.25) is 0 Å². The van der Waals surface area contributed by atoms with Gasteiger partial charge in [-0.25, -0.2) is 9.97 Å². The van der Waals surface area contributed by atoms with Gasteiger partial charge >= 0.3 is 0 Å². The molecule has 0 amide bonds. The molecule has 98 valence electrons. The summed E-state index contributed by atoms with van der Waals surface area (Å²) in [4.78, 5) is 11.1. The van der Waals surface area contributed by atoms with Gasteiger partial charge in [-0.05, 0) is 51.1 Å². The van der Waals surface area contributed by atoms with E-state index in [0.29, 0.717) is 0 Å². The Balaban J connectivity index is 1.49. The molecular formula is C14H22N4. The molecule has 0 atom stereocenters. The number of anilines is 1. The predicted octanol–water partition coefficient (Wildman–Crippen LogP) is 1.75. The number of nitrogens with zero attached hydrogens (tertiary/aromatic N) is 3. The molecule has 1 aromatic heterocycles. The zero-order chi connectivity index (χ0) is 12.4. The number of hydrogen-bond acceptors (Lipinski definition) is 4. The van der Waals surface area contributed by atoms with Crippen molar-refractivity contribution in [3.8, 4) is 0 Å². The molecule has 3 rings (SSSR count). The fourth-order valence-electron chi connectivity index (χ4n) is 2.61. The average Bonchev–Trinajstić information content (AvgIpc) is 3.21. The molecule has 0 aromatic carbocycles. The number of hydrogen-bond donors (Lipinski definition) is 1. The summed E-state index contributed by atoms with van der Waals surface area (Å²) in [6.07, 6.45) is 7.20. The Kier molecular flexibility index (Phi) is 3.46. The van der Waals surface area contributed by atoms with Gasteiger partial charge in [0.2, 0.25) is 0 Å². The van der Waals surface area contributed by atoms with Crippen molar-refractivity contribution in [3.63, 3.8) is 0 Å². The van der Waals surface area contributed by atoms with E-state index in [1.807, 2.05) is 19.2 Å². The largest absolute Gasteiger partial charge is 0.356 e. The smallest absolute Gasteiger partial charge is 0.132 e. The van der Waals surface area contributed by atoms with E-state index in [-0.39, 0.29) is 0 Å². The Labute approximate surface area is 109 Å². The molecule has 1 N–H and O–H groups in total. The van der Waals surface area contributed by atoms with Gasteiger partial charge in [-0.1, -0.05) is 0 Å². The van der Waals surface area contributed by atoms with Gasteiger partial charge in [0.1, 0.15) is 11.6 Å². The number of piperidine rings is 1. The molecule has 1 aromatic rings. The molecule has 2 aliphatic rings. The van der Waals surface area contributed by atoms with E-state index < -0.39 is 0 Å². The van der Waals surface area contributed by atoms with Gasteiger partial charge < -0.3 is 10.2 Å². The topological polar surface area (TPSA) is 41.1 Å². The van der Waals surface area contributed by atoms with E-state index in [1.54, 1.807) is 0 Å². The summed E-state index contributed by atoms with van der Waals surface area (Å²) >= 11 is 0. The maximum absolute atomic E-state index is 4.51. The molecule has 0 radical (unpaired) electrons. The molecule has 1 aliphatic carbocycles. The van der Waals surface area contributed by atoms with Gasteiger partial charge in [-0.2, -0.15) is 0 Å². The first-order chi connectivity index (χ1) is 8.81. The molecule has 2 heterocycles. The summed E-state index contributed by atoms with van der Waals surface area (Å²) in [6.45, 7) is 5.43. The molecule has 1 saturated heterocycles. The van der Waals surface area contributed by atoms with Crippen molar-refractivity contribution in [3.05, 3.63) is 18.1 Å². The van der Waals surface area contributed by atoms with Gasteiger partial charge in [0.05, 0.1) is 0 Å². The van der Waals surface area contributed by atoms with Crippen LogP contribution in [0.25, 0.3) is 0 Å². The third-order valence-corrected chi connectivity index (χ3v) is 3.97. The van der Waals surface area contributed by atoms with Crippen molar-refractivity contribution in [2.45, 2.75) is 38.6 Å². The first kappa shape index (κ1) is 11.9. The molecule has 4 heteroatoms. The van der Waals surface area contributed by atoms with Gasteiger partial charge in [0.25, 0.3) is 0 Å². The van der Waals surface area contributed by atoms with Crippen LogP contribution >= 0.6 is 0 Å². The van der Waals surface area contributed by atoms with E-state index in [4.69, 9.17) is 0 Å². The van der Waals surface area contributed by atoms with Gasteiger partial charge in [-0.15, -0.1) is 0 Å². The molecule has 0 bridgehead atoms. The molecule has 18 heavy (non-hydrogen) atoms. The van der Waals surface area contributed by atoms with Crippen molar-refractivity contribution in [1.29, 1.82) is 0 Å². The van der Waals surface area contributed by atoms with Crippen LogP contribution in [0.1, 0.15) is 31.5 Å². The molecule has 2 fully saturated rings. The fourth-order valence-corrected chi connectivity index (χ4v) is 2.61. The van der Waals surface area contributed by atoms with Gasteiger partial charge in [0, 0.05) is 25.3 Å². The van der Waals surface area contributed by atoms with Gasteiger partial charge in [-0.3, -0.25) is 0 Å². The van der Waals surface area contributed by atoms with E-state index in [9.17, 15) is 0 Å². The van der Waals surface area contributed by atoms with E-state index in [2.05, 4.69) is 20.2 Å². The van der Waals surface area contributed by atoms with Crippen LogP contribution in [0.15, 0.2) is 12.3 Å². The Hall–Kier alpha value is -1.16. The van der Waals surface area contributed by atoms with Crippen LogP contribution in [0.3, 0.4) is 0 Å². The summed E-state index contributed by atoms with van der Waals surface area (Å²) in [7, 11) is 0. The van der Waals surface area contributed by atoms with Gasteiger partial charge in [0.15, 0.2) is 0 Å². The maximum Gasteiger partial charge on any atom is 0.132 e. The Morgan fingerprint density at radius 1 is 1.28 bits per heavy atom. The van der Waals surface area contributed by atoms with Crippen molar-refractivity contribution in [1.82, 2.24) is 15.3 Å². The highest BCUT2D eigenvalue weighted by Gasteiger charge is 2.24. The zero-order valence-electron chi connectivity index (χ0n) is 11.1. The zero-order valence-corrected chi connectivity index (χ0v) is 11.1. The molecule has 1 saturated carbocycles. The number of aromatic nitrogens is 2. The third kappa shape index (κ3) is 2.99. The number of nitrogens with one attached hydrogen (secondary N) is 1. The normalized spacial score (nSPS) is 21.3. The van der Waals surface area contributed by atoms with Crippen LogP contribution < -0.4 is 10.2 Å². The lowest BCUT2D eigenvalue weighted by Crippen LogP contribution is -2.38. The summed E-state index contributed by atoms with van der Waals surface area (Å²) in [6, 6.07) is 2.86. The minimum absolute atomic E-state index is 0.840. The predicted molar refractivity (Wildman–Crippen MR) is 72.7 cm³/mol. The Morgan fingerprint density at radius 3 is 2.72 bits per heavy atom. The molecule has 0 unspecified atom stereocenters. The second-order valence-corrected chi connectivity index (χ2v) is 5.57. The third-order valence-electron chi connectivity index (χ3n) is 3.97. The summed E-state index contributed by atoms with van der Waals surface area (Å²) in [5.41, 5.74) is 0. The van der Waals surface area contributed by atoms with Crippen molar-refractivity contribution in [2.75, 3.05) is 24.5 Å². The second kappa shape index (κ2) is 5.22. The standard InChI is InChI=1S/C14H22N4/c1-11-15-7-4-14(17-11)18-8-5-12(6-9-18)10-16-13-2-3-13/h4,7,12-13,16H,2-3,5-6,8-10H2,1H3. The highest BCUT2D eigenvalue weighted by atomic mass is 15.2. The molecule has 1 aliphatic heterocycles. The average molecular weight is 246 g/mol. The lowest BCUT2D eigenvalue weighted by Gasteiger charge is -2.33. The number of aryl methyl sites for hydroxylation is 1. The van der Waals surface area contributed by atoms with Crippen LogP contribution in [-0.2, 0) is 0 Å². The van der Waals surface area contributed by atoms with E-state index in [1.165, 1.54) is 32.2 Å². The monoisotopic (exact) mass is 246 g/mol. The quantitative estimate of drug-likeness (QED) is 0.879. The van der Waals surface area contributed by atoms with Crippen LogP contribution in [0, 0.1) is 12.8 Å². The second-order valence-electron chi connectivity index (χ2n) is 5.57. The minimum atomic E-state index is 0.840. The number of rotatable bonds is 4. The van der Waals surface area contributed by atoms with Crippen molar-refractivity contribution < 1.29 is 0 Å². The minimum Gasteiger partial charge on any atom is -0.356 e. The maximum atomic E-state index is 4.51. The molecule has 4 nitrogen and oxygen atoms in total. The van der Waals surface area contributed by atoms with E-state index >= 15 is 0 Å². The van der Waals surface area contributed by atoms with Crippen LogP contribution in [-0.4, -0.2) is 35.6 Å². The lowest BCUT2D eigenvalue weighted by atomic mass is 9.97. The van der Waals surface area contributed by atoms with Crippen LogP contribution in [0.5, 0.6) is 0 Å². The lowest BCUT2D eigenvalue weighted by molar-refractivity contribution is 0.381.